The number of rotatable bonds is 19. The van der Waals surface area contributed by atoms with Gasteiger partial charge in [-0.15, -0.1) is 0 Å². The summed E-state index contributed by atoms with van der Waals surface area (Å²) in [6, 6.07) is 6.08. The molecule has 0 radical (unpaired) electrons. The second-order valence-electron chi connectivity index (χ2n) is 14.1. The van der Waals surface area contributed by atoms with Gasteiger partial charge in [0.15, 0.2) is 0 Å². The van der Waals surface area contributed by atoms with Crippen LogP contribution in [0.25, 0.3) is 0 Å². The minimum Gasteiger partial charge on any atom is -0.444 e. The van der Waals surface area contributed by atoms with Crippen molar-refractivity contribution >= 4 is 41.5 Å². The molecule has 13 heteroatoms. The molecule has 0 bridgehead atoms. The molecule has 0 fully saturated rings. The highest BCUT2D eigenvalue weighted by Gasteiger charge is 2.33. The lowest BCUT2D eigenvalue weighted by molar-refractivity contribution is -0.132. The molecule has 6 atom stereocenters. The van der Waals surface area contributed by atoms with E-state index in [-0.39, 0.29) is 24.2 Å². The number of amides is 5. The molecule has 0 spiro atoms. The summed E-state index contributed by atoms with van der Waals surface area (Å²) in [5.41, 5.74) is 0.189. The van der Waals surface area contributed by atoms with Crippen LogP contribution in [0.15, 0.2) is 30.3 Å². The van der Waals surface area contributed by atoms with Crippen LogP contribution in [0.5, 0.6) is 0 Å². The first-order chi connectivity index (χ1) is 22.3. The third-order valence-electron chi connectivity index (χ3n) is 7.49. The fraction of sp³-hybridized carbons (Fsp3) is 0.686. The van der Waals surface area contributed by atoms with Gasteiger partial charge >= 0.3 is 6.09 Å². The highest BCUT2D eigenvalue weighted by molar-refractivity contribution is 7.98. The molecule has 0 heterocycles. The van der Waals surface area contributed by atoms with E-state index in [2.05, 4.69) is 26.6 Å². The van der Waals surface area contributed by atoms with E-state index in [1.165, 1.54) is 11.8 Å². The molecule has 0 aliphatic heterocycles. The number of nitrogens with one attached hydrogen (secondary N) is 5. The van der Waals surface area contributed by atoms with Crippen LogP contribution >= 0.6 is 11.8 Å². The number of aliphatic hydroxyl groups is 1. The molecule has 48 heavy (non-hydrogen) atoms. The van der Waals surface area contributed by atoms with Gasteiger partial charge in [-0.3, -0.25) is 19.2 Å². The number of aliphatic hydroxyl groups excluding tert-OH is 1. The monoisotopic (exact) mass is 693 g/mol. The summed E-state index contributed by atoms with van der Waals surface area (Å²) >= 11 is 1.52. The average molecular weight is 694 g/mol. The minimum atomic E-state index is -1.08. The first-order valence-electron chi connectivity index (χ1n) is 16.7. The molecular weight excluding hydrogens is 634 g/mol. The Morgan fingerprint density at radius 2 is 1.44 bits per heavy atom. The molecule has 0 saturated heterocycles. The minimum absolute atomic E-state index is 0.0406. The molecule has 0 unspecified atom stereocenters. The van der Waals surface area contributed by atoms with Crippen molar-refractivity contribution < 1.29 is 33.8 Å². The quantitative estimate of drug-likeness (QED) is 0.128. The fourth-order valence-corrected chi connectivity index (χ4v) is 5.30. The maximum atomic E-state index is 13.6. The van der Waals surface area contributed by atoms with Crippen molar-refractivity contribution in [2.45, 2.75) is 124 Å². The van der Waals surface area contributed by atoms with Gasteiger partial charge in [0.1, 0.15) is 23.7 Å². The van der Waals surface area contributed by atoms with Crippen LogP contribution in [0.4, 0.5) is 4.79 Å². The molecule has 5 amide bonds. The standard InChI is InChI=1S/C35H59N5O7S/c1-21(2)18-27(28(41)19-23(5)30(42)37-24(6)31(43)36-20-25-14-12-11-13-15-25)39-32(44)26(16-17-48-10)38-33(45)29(22(3)4)40-34(46)47-35(7,8)9/h11-15,21-24,26-29,41H,16-20H2,1-10H3,(H,36,43)(H,37,42)(H,38,45)(H,39,44)(H,40,46)/t23-,24+,26+,27+,28+,29+/m1/s1. The van der Waals surface area contributed by atoms with Crippen LogP contribution in [0.3, 0.4) is 0 Å². The Balaban J connectivity index is 2.92. The third-order valence-corrected chi connectivity index (χ3v) is 8.13. The number of hydrogen-bond donors (Lipinski definition) is 6. The van der Waals surface area contributed by atoms with Crippen LogP contribution in [-0.4, -0.2) is 82.7 Å². The normalized spacial score (nSPS) is 15.4. The van der Waals surface area contributed by atoms with Crippen molar-refractivity contribution in [3.63, 3.8) is 0 Å². The molecule has 0 aliphatic rings. The SMILES string of the molecule is CSCC[C@H](NC(=O)[C@@H](NC(=O)OC(C)(C)C)C(C)C)C(=O)N[C@@H](CC(C)C)[C@@H](O)C[C@@H](C)C(=O)N[C@@H](C)C(=O)NCc1ccccc1. The lowest BCUT2D eigenvalue weighted by atomic mass is 9.92. The lowest BCUT2D eigenvalue weighted by Gasteiger charge is -2.30. The topological polar surface area (TPSA) is 175 Å². The van der Waals surface area contributed by atoms with E-state index < -0.39 is 65.6 Å². The fourth-order valence-electron chi connectivity index (χ4n) is 4.83. The van der Waals surface area contributed by atoms with Gasteiger partial charge in [0, 0.05) is 12.5 Å². The van der Waals surface area contributed by atoms with Crippen molar-refractivity contribution in [2.75, 3.05) is 12.0 Å². The van der Waals surface area contributed by atoms with Crippen molar-refractivity contribution in [3.05, 3.63) is 35.9 Å². The van der Waals surface area contributed by atoms with Gasteiger partial charge in [0.2, 0.25) is 23.6 Å². The van der Waals surface area contributed by atoms with Crippen LogP contribution in [0.2, 0.25) is 0 Å². The second-order valence-corrected chi connectivity index (χ2v) is 15.1. The maximum absolute atomic E-state index is 13.6. The summed E-state index contributed by atoms with van der Waals surface area (Å²) in [5, 5.41) is 25.1. The molecule has 12 nitrogen and oxygen atoms in total. The van der Waals surface area contributed by atoms with Crippen molar-refractivity contribution in [2.24, 2.45) is 17.8 Å². The molecule has 1 aromatic rings. The van der Waals surface area contributed by atoms with Gasteiger partial charge in [0.05, 0.1) is 12.1 Å². The van der Waals surface area contributed by atoms with E-state index in [4.69, 9.17) is 4.74 Å². The lowest BCUT2D eigenvalue weighted by Crippen LogP contribution is -2.58. The summed E-state index contributed by atoms with van der Waals surface area (Å²) < 4.78 is 5.32. The van der Waals surface area contributed by atoms with E-state index in [9.17, 15) is 29.1 Å². The Morgan fingerprint density at radius 1 is 0.812 bits per heavy atom. The Kier molecular flexibility index (Phi) is 18.6. The second kappa shape index (κ2) is 20.9. The molecular formula is C35H59N5O7S. The summed E-state index contributed by atoms with van der Waals surface area (Å²) in [6.45, 7) is 16.2. The zero-order valence-electron chi connectivity index (χ0n) is 30.3. The van der Waals surface area contributed by atoms with Crippen LogP contribution in [0.1, 0.15) is 87.1 Å². The summed E-state index contributed by atoms with van der Waals surface area (Å²) in [4.78, 5) is 64.9. The van der Waals surface area contributed by atoms with Crippen molar-refractivity contribution in [1.29, 1.82) is 0 Å². The Labute approximate surface area is 291 Å². The predicted octanol–water partition coefficient (Wildman–Crippen LogP) is 3.51. The molecule has 272 valence electrons. The molecule has 0 aliphatic carbocycles. The highest BCUT2D eigenvalue weighted by Crippen LogP contribution is 2.17. The van der Waals surface area contributed by atoms with Gasteiger partial charge < -0.3 is 36.4 Å². The maximum Gasteiger partial charge on any atom is 0.408 e. The number of ether oxygens (including phenoxy) is 1. The van der Waals surface area contributed by atoms with Crippen molar-refractivity contribution in [3.8, 4) is 0 Å². The van der Waals surface area contributed by atoms with Gasteiger partial charge in [0.25, 0.3) is 0 Å². The van der Waals surface area contributed by atoms with Gasteiger partial charge in [-0.2, -0.15) is 11.8 Å². The first-order valence-corrected chi connectivity index (χ1v) is 18.1. The average Bonchev–Trinajstić information content (AvgIpc) is 2.99. The number of carbonyl (C=O) groups is 5. The molecule has 1 aromatic carbocycles. The Morgan fingerprint density at radius 3 is 1.98 bits per heavy atom. The Bertz CT molecular complexity index is 1180. The predicted molar refractivity (Wildman–Crippen MR) is 190 cm³/mol. The van der Waals surface area contributed by atoms with Crippen LogP contribution in [0, 0.1) is 17.8 Å². The van der Waals surface area contributed by atoms with Crippen LogP contribution < -0.4 is 26.6 Å². The van der Waals surface area contributed by atoms with Gasteiger partial charge in [-0.05, 0) is 76.4 Å². The number of alkyl carbamates (subject to hydrolysis) is 1. The van der Waals surface area contributed by atoms with E-state index >= 15 is 0 Å². The summed E-state index contributed by atoms with van der Waals surface area (Å²) in [5.74, 6) is -1.98. The zero-order chi connectivity index (χ0) is 36.6. The summed E-state index contributed by atoms with van der Waals surface area (Å²) in [7, 11) is 0. The summed E-state index contributed by atoms with van der Waals surface area (Å²) in [6.07, 6.45) is 0.874. The van der Waals surface area contributed by atoms with E-state index in [1.807, 2.05) is 50.4 Å². The van der Waals surface area contributed by atoms with Gasteiger partial charge in [-0.1, -0.05) is 65.0 Å². The van der Waals surface area contributed by atoms with Crippen molar-refractivity contribution in [1.82, 2.24) is 26.6 Å². The first kappa shape index (κ1) is 42.7. The smallest absolute Gasteiger partial charge is 0.408 e. The molecule has 1 rings (SSSR count). The van der Waals surface area contributed by atoms with Gasteiger partial charge in [-0.25, -0.2) is 4.79 Å². The van der Waals surface area contributed by atoms with E-state index in [0.717, 1.165) is 5.56 Å². The highest BCUT2D eigenvalue weighted by atomic mass is 32.2. The van der Waals surface area contributed by atoms with E-state index in [0.29, 0.717) is 25.1 Å². The number of carbonyl (C=O) groups excluding carboxylic acids is 5. The van der Waals surface area contributed by atoms with Crippen LogP contribution in [-0.2, 0) is 30.5 Å². The number of benzene rings is 1. The third kappa shape index (κ3) is 16.7. The zero-order valence-corrected chi connectivity index (χ0v) is 31.2. The molecule has 0 saturated carbocycles. The number of hydrogen-bond acceptors (Lipinski definition) is 8. The Hall–Kier alpha value is -3.32. The molecule has 0 aromatic heterocycles. The largest absolute Gasteiger partial charge is 0.444 e. The van der Waals surface area contributed by atoms with E-state index in [1.54, 1.807) is 48.5 Å². The molecule has 6 N–H and O–H groups in total. The number of thioether (sulfide) groups is 1.